The Bertz CT molecular complexity index is 1120. The van der Waals surface area contributed by atoms with Crippen molar-refractivity contribution in [3.05, 3.63) is 105 Å². The van der Waals surface area contributed by atoms with Crippen LogP contribution < -0.4 is 5.32 Å². The topological polar surface area (TPSA) is 81.2 Å². The lowest BCUT2D eigenvalue weighted by molar-refractivity contribution is -0.146. The molecule has 2 aromatic heterocycles. The van der Waals surface area contributed by atoms with Gasteiger partial charge in [-0.1, -0.05) is 60.7 Å². The summed E-state index contributed by atoms with van der Waals surface area (Å²) in [6.45, 7) is 0.258. The molecule has 1 amide bonds. The first-order valence-electron chi connectivity index (χ1n) is 12.9. The van der Waals surface area contributed by atoms with Crippen LogP contribution in [0, 0.1) is 5.92 Å². The smallest absolute Gasteiger partial charge is 0.306 e. The number of esters is 1. The highest BCUT2D eigenvalue weighted by atomic mass is 32.1. The lowest BCUT2D eigenvalue weighted by Crippen LogP contribution is -2.37. The fourth-order valence-corrected chi connectivity index (χ4v) is 5.55. The van der Waals surface area contributed by atoms with Crippen molar-refractivity contribution >= 4 is 34.6 Å². The first kappa shape index (κ1) is 27.7. The summed E-state index contributed by atoms with van der Waals surface area (Å²) in [5.41, 5.74) is 5.91. The second-order valence-electron chi connectivity index (χ2n) is 9.39. The second-order valence-corrected chi connectivity index (χ2v) is 11.3. The molecule has 1 N–H and O–H groups in total. The van der Waals surface area contributed by atoms with Crippen molar-refractivity contribution in [2.24, 2.45) is 5.92 Å². The number of thiazole rings is 2. The van der Waals surface area contributed by atoms with Gasteiger partial charge in [-0.05, 0) is 49.1 Å². The number of aryl methyl sites for hydroxylation is 1. The lowest BCUT2D eigenvalue weighted by atomic mass is 9.89. The van der Waals surface area contributed by atoms with Gasteiger partial charge in [0.2, 0.25) is 5.91 Å². The zero-order chi connectivity index (χ0) is 26.4. The number of aromatic nitrogens is 2. The number of carbonyl (C=O) groups excluding carboxylic acids is 2. The van der Waals surface area contributed by atoms with Gasteiger partial charge in [0.25, 0.3) is 0 Å². The zero-order valence-electron chi connectivity index (χ0n) is 21.3. The van der Waals surface area contributed by atoms with Crippen molar-refractivity contribution in [3.8, 4) is 0 Å². The van der Waals surface area contributed by atoms with Crippen LogP contribution in [0.25, 0.3) is 0 Å². The van der Waals surface area contributed by atoms with Gasteiger partial charge in [0.1, 0.15) is 6.61 Å². The van der Waals surface area contributed by atoms with E-state index >= 15 is 0 Å². The van der Waals surface area contributed by atoms with Gasteiger partial charge < -0.3 is 10.1 Å². The van der Waals surface area contributed by atoms with Crippen LogP contribution in [0.4, 0.5) is 0 Å². The number of carbonyl (C=O) groups is 2. The summed E-state index contributed by atoms with van der Waals surface area (Å²) < 4.78 is 5.55. The Labute approximate surface area is 232 Å². The van der Waals surface area contributed by atoms with Gasteiger partial charge in [-0.3, -0.25) is 19.6 Å². The van der Waals surface area contributed by atoms with Gasteiger partial charge in [-0.2, -0.15) is 0 Å². The van der Waals surface area contributed by atoms with Crippen molar-refractivity contribution in [1.29, 1.82) is 0 Å². The standard InChI is InChI=1S/C30H33N3O3S2/c34-29(14-13-27-18-31-21-37-27)33-26(16-24-9-5-2-6-10-24)12-11-25(15-23-7-3-1-4-8-23)17-30(35)36-20-28-19-32-22-38-28/h1-10,18-19,21-22,25-26H,11-17,20H2,(H,33,34)/t25-,26-/m0/s1. The van der Waals surface area contributed by atoms with E-state index in [1.54, 1.807) is 28.6 Å². The van der Waals surface area contributed by atoms with E-state index in [1.807, 2.05) is 42.6 Å². The van der Waals surface area contributed by atoms with Gasteiger partial charge in [-0.15, -0.1) is 22.7 Å². The first-order valence-corrected chi connectivity index (χ1v) is 14.7. The molecule has 0 spiro atoms. The highest BCUT2D eigenvalue weighted by molar-refractivity contribution is 7.09. The molecule has 6 nitrogen and oxygen atoms in total. The van der Waals surface area contributed by atoms with E-state index < -0.39 is 0 Å². The minimum absolute atomic E-state index is 0.0159. The van der Waals surface area contributed by atoms with Crippen molar-refractivity contribution < 1.29 is 14.3 Å². The molecule has 0 saturated heterocycles. The molecule has 2 heterocycles. The van der Waals surface area contributed by atoms with Crippen LogP contribution in [0.2, 0.25) is 0 Å². The second kappa shape index (κ2) is 15.1. The number of rotatable bonds is 15. The molecule has 0 radical (unpaired) electrons. The van der Waals surface area contributed by atoms with Crippen molar-refractivity contribution in [1.82, 2.24) is 15.3 Å². The van der Waals surface area contributed by atoms with Crippen LogP contribution in [-0.4, -0.2) is 27.9 Å². The van der Waals surface area contributed by atoms with Crippen LogP contribution in [0.3, 0.4) is 0 Å². The minimum Gasteiger partial charge on any atom is -0.460 e. The maximum atomic E-state index is 12.8. The largest absolute Gasteiger partial charge is 0.460 e. The van der Waals surface area contributed by atoms with E-state index in [0.717, 1.165) is 35.4 Å². The van der Waals surface area contributed by atoms with Gasteiger partial charge >= 0.3 is 5.97 Å². The van der Waals surface area contributed by atoms with E-state index in [2.05, 4.69) is 39.6 Å². The number of hydrogen-bond donors (Lipinski definition) is 1. The molecule has 8 heteroatoms. The molecule has 0 fully saturated rings. The molecular weight excluding hydrogens is 514 g/mol. The third kappa shape index (κ3) is 9.84. The molecule has 198 valence electrons. The summed E-state index contributed by atoms with van der Waals surface area (Å²) in [4.78, 5) is 35.8. The van der Waals surface area contributed by atoms with E-state index in [0.29, 0.717) is 19.3 Å². The Morgan fingerprint density at radius 3 is 2.08 bits per heavy atom. The van der Waals surface area contributed by atoms with Gasteiger partial charge in [0.15, 0.2) is 0 Å². The summed E-state index contributed by atoms with van der Waals surface area (Å²) >= 11 is 3.05. The van der Waals surface area contributed by atoms with Crippen LogP contribution in [0.15, 0.2) is 84.1 Å². The minimum atomic E-state index is -0.201. The summed E-state index contributed by atoms with van der Waals surface area (Å²) in [7, 11) is 0. The Balaban J connectivity index is 1.38. The normalized spacial score (nSPS) is 12.5. The molecule has 4 aromatic rings. The van der Waals surface area contributed by atoms with Crippen LogP contribution in [0.1, 0.15) is 46.6 Å². The SMILES string of the molecule is O=C(CCc1cncs1)N[C@@H](CC[C@H](CC(=O)OCc1cncs1)Cc1ccccc1)Cc1ccccc1. The molecule has 0 aliphatic heterocycles. The number of amides is 1. The molecule has 0 saturated carbocycles. The number of nitrogens with zero attached hydrogens (tertiary/aromatic N) is 2. The predicted molar refractivity (Wildman–Crippen MR) is 152 cm³/mol. The van der Waals surface area contributed by atoms with Gasteiger partial charge in [0, 0.05) is 36.2 Å². The number of nitrogens with one attached hydrogen (secondary N) is 1. The zero-order valence-corrected chi connectivity index (χ0v) is 23.0. The number of benzene rings is 2. The molecule has 0 unspecified atom stereocenters. The van der Waals surface area contributed by atoms with Gasteiger partial charge in [0.05, 0.1) is 15.9 Å². The fraction of sp³-hybridized carbons (Fsp3) is 0.333. The molecule has 0 bridgehead atoms. The third-order valence-corrected chi connectivity index (χ3v) is 7.97. The summed E-state index contributed by atoms with van der Waals surface area (Å²) in [6, 6.07) is 20.5. The molecule has 4 rings (SSSR count). The average Bonchev–Trinajstić information content (AvgIpc) is 3.65. The highest BCUT2D eigenvalue weighted by Gasteiger charge is 2.20. The van der Waals surface area contributed by atoms with Crippen LogP contribution in [-0.2, 0) is 40.2 Å². The van der Waals surface area contributed by atoms with E-state index in [-0.39, 0.29) is 30.4 Å². The first-order chi connectivity index (χ1) is 18.6. The number of ether oxygens (including phenoxy) is 1. The Morgan fingerprint density at radius 2 is 1.45 bits per heavy atom. The average molecular weight is 548 g/mol. The molecule has 0 aliphatic carbocycles. The van der Waals surface area contributed by atoms with Crippen molar-refractivity contribution in [2.45, 2.75) is 57.6 Å². The van der Waals surface area contributed by atoms with Crippen molar-refractivity contribution in [3.63, 3.8) is 0 Å². The van der Waals surface area contributed by atoms with E-state index in [9.17, 15) is 9.59 Å². The van der Waals surface area contributed by atoms with Gasteiger partial charge in [-0.25, -0.2) is 0 Å². The summed E-state index contributed by atoms with van der Waals surface area (Å²) in [5.74, 6) is -0.0471. The molecular formula is C30H33N3O3S2. The Hall–Kier alpha value is -3.36. The maximum absolute atomic E-state index is 12.8. The highest BCUT2D eigenvalue weighted by Crippen LogP contribution is 2.22. The third-order valence-electron chi connectivity index (χ3n) is 6.38. The van der Waals surface area contributed by atoms with Crippen LogP contribution >= 0.6 is 22.7 Å². The van der Waals surface area contributed by atoms with Crippen molar-refractivity contribution in [2.75, 3.05) is 0 Å². The molecule has 0 aliphatic rings. The van der Waals surface area contributed by atoms with E-state index in [1.165, 1.54) is 22.5 Å². The summed E-state index contributed by atoms with van der Waals surface area (Å²) in [5, 5.41) is 3.27. The lowest BCUT2D eigenvalue weighted by Gasteiger charge is -2.23. The fourth-order valence-electron chi connectivity index (χ4n) is 4.45. The Kier molecular flexibility index (Phi) is 11.0. The monoisotopic (exact) mass is 547 g/mol. The predicted octanol–water partition coefficient (Wildman–Crippen LogP) is 6.03. The maximum Gasteiger partial charge on any atom is 0.306 e. The molecule has 2 atom stereocenters. The molecule has 2 aromatic carbocycles. The van der Waals surface area contributed by atoms with E-state index in [4.69, 9.17) is 4.74 Å². The van der Waals surface area contributed by atoms with Crippen LogP contribution in [0.5, 0.6) is 0 Å². The number of hydrogen-bond acceptors (Lipinski definition) is 7. The Morgan fingerprint density at radius 1 is 0.816 bits per heavy atom. The quantitative estimate of drug-likeness (QED) is 0.184. The molecule has 38 heavy (non-hydrogen) atoms. The summed E-state index contributed by atoms with van der Waals surface area (Å²) in [6.07, 6.45) is 8.13.